The van der Waals surface area contributed by atoms with Crippen LogP contribution in [0.4, 0.5) is 0 Å². The third-order valence-corrected chi connectivity index (χ3v) is 2.95. The number of carbonyl (C=O) groups is 1. The van der Waals surface area contributed by atoms with Gasteiger partial charge < -0.3 is 9.14 Å². The number of rotatable bonds is 2. The fraction of sp³-hybridized carbons (Fsp3) is 0.250. The van der Waals surface area contributed by atoms with Crippen molar-refractivity contribution in [1.29, 1.82) is 0 Å². The third-order valence-electron chi connectivity index (χ3n) is 2.45. The second-order valence-corrected chi connectivity index (χ2v) is 4.51. The summed E-state index contributed by atoms with van der Waals surface area (Å²) in [5.41, 5.74) is 1.94. The molecule has 0 saturated carbocycles. The molecule has 90 valence electrons. The summed E-state index contributed by atoms with van der Waals surface area (Å²) < 4.78 is 6.76. The first-order chi connectivity index (χ1) is 8.04. The molecule has 0 amide bonds. The summed E-state index contributed by atoms with van der Waals surface area (Å²) in [5.74, 6) is -0.364. The van der Waals surface area contributed by atoms with E-state index < -0.39 is 0 Å². The Bertz CT molecular complexity index is 590. The molecule has 0 aliphatic carbocycles. The maximum atomic E-state index is 11.9. The smallest absolute Gasteiger partial charge is 0.340 e. The molecule has 5 heteroatoms. The third kappa shape index (κ3) is 2.13. The van der Waals surface area contributed by atoms with Gasteiger partial charge in [0.05, 0.1) is 27.7 Å². The lowest BCUT2D eigenvalue weighted by atomic mass is 10.2. The van der Waals surface area contributed by atoms with Gasteiger partial charge in [-0.05, 0) is 25.5 Å². The molecule has 0 radical (unpaired) electrons. The van der Waals surface area contributed by atoms with Gasteiger partial charge in [-0.3, -0.25) is 0 Å². The maximum Gasteiger partial charge on any atom is 0.340 e. The van der Waals surface area contributed by atoms with E-state index in [9.17, 15) is 4.79 Å². The Morgan fingerprint density at radius 2 is 2.12 bits per heavy atom. The number of carbonyl (C=O) groups excluding carboxylic acids is 1. The first-order valence-electron chi connectivity index (χ1n) is 5.18. The maximum absolute atomic E-state index is 11.9. The van der Waals surface area contributed by atoms with Crippen molar-refractivity contribution in [1.82, 2.24) is 4.40 Å². The number of halogens is 2. The van der Waals surface area contributed by atoms with Gasteiger partial charge in [0.1, 0.15) is 0 Å². The zero-order valence-corrected chi connectivity index (χ0v) is 11.0. The van der Waals surface area contributed by atoms with Crippen LogP contribution in [-0.4, -0.2) is 17.0 Å². The van der Waals surface area contributed by atoms with Crippen molar-refractivity contribution < 1.29 is 9.53 Å². The van der Waals surface area contributed by atoms with Crippen molar-refractivity contribution >= 4 is 34.7 Å². The molecular formula is C12H11Cl2NO2. The van der Waals surface area contributed by atoms with Crippen LogP contribution < -0.4 is 0 Å². The van der Waals surface area contributed by atoms with Crippen LogP contribution in [0.15, 0.2) is 18.5 Å². The normalized spacial score (nSPS) is 10.8. The van der Waals surface area contributed by atoms with Crippen molar-refractivity contribution in [3.05, 3.63) is 39.6 Å². The number of pyridine rings is 1. The van der Waals surface area contributed by atoms with E-state index in [1.165, 1.54) is 0 Å². The van der Waals surface area contributed by atoms with Gasteiger partial charge in [0.15, 0.2) is 0 Å². The van der Waals surface area contributed by atoms with Crippen molar-refractivity contribution in [2.24, 2.45) is 0 Å². The highest BCUT2D eigenvalue weighted by atomic mass is 35.5. The Labute approximate surface area is 109 Å². The number of hydrogen-bond acceptors (Lipinski definition) is 2. The first-order valence-corrected chi connectivity index (χ1v) is 5.93. The second kappa shape index (κ2) is 4.59. The Morgan fingerprint density at radius 1 is 1.41 bits per heavy atom. The number of hydrogen-bond donors (Lipinski definition) is 0. The molecule has 0 aliphatic rings. The molecule has 2 aromatic heterocycles. The number of aromatic nitrogens is 1. The zero-order chi connectivity index (χ0) is 12.6. The largest absolute Gasteiger partial charge is 0.462 e. The van der Waals surface area contributed by atoms with Gasteiger partial charge in [0.25, 0.3) is 0 Å². The molecule has 0 spiro atoms. The van der Waals surface area contributed by atoms with Gasteiger partial charge in [-0.2, -0.15) is 0 Å². The van der Waals surface area contributed by atoms with Gasteiger partial charge in [0, 0.05) is 12.4 Å². The molecule has 0 aromatic carbocycles. The molecule has 0 atom stereocenters. The highest BCUT2D eigenvalue weighted by Crippen LogP contribution is 2.28. The van der Waals surface area contributed by atoms with E-state index in [4.69, 9.17) is 27.9 Å². The van der Waals surface area contributed by atoms with Gasteiger partial charge in [-0.15, -0.1) is 0 Å². The van der Waals surface area contributed by atoms with Crippen LogP contribution >= 0.6 is 23.2 Å². The van der Waals surface area contributed by atoms with Crippen molar-refractivity contribution in [3.8, 4) is 0 Å². The fourth-order valence-corrected chi connectivity index (χ4v) is 2.40. The number of nitrogens with zero attached hydrogens (tertiary/aromatic N) is 1. The number of ether oxygens (including phenoxy) is 1. The van der Waals surface area contributed by atoms with E-state index >= 15 is 0 Å². The van der Waals surface area contributed by atoms with Crippen LogP contribution in [0, 0.1) is 6.92 Å². The first kappa shape index (κ1) is 12.3. The predicted molar refractivity (Wildman–Crippen MR) is 68.1 cm³/mol. The zero-order valence-electron chi connectivity index (χ0n) is 9.46. The Balaban J connectivity index is 2.71. The summed E-state index contributed by atoms with van der Waals surface area (Å²) in [6, 6.07) is 1.61. The van der Waals surface area contributed by atoms with Crippen molar-refractivity contribution in [2.75, 3.05) is 6.61 Å². The molecule has 2 heterocycles. The lowest BCUT2D eigenvalue weighted by Gasteiger charge is -2.04. The molecule has 0 bridgehead atoms. The summed E-state index contributed by atoms with van der Waals surface area (Å²) in [6.07, 6.45) is 3.51. The minimum atomic E-state index is -0.364. The predicted octanol–water partition coefficient (Wildman–Crippen LogP) is 3.73. The SMILES string of the molecule is CCOC(=O)c1c(C)cn2cc(Cl)cc(Cl)c12. The molecule has 0 unspecified atom stereocenters. The van der Waals surface area contributed by atoms with E-state index in [1.54, 1.807) is 29.8 Å². The highest BCUT2D eigenvalue weighted by molar-refractivity contribution is 6.37. The van der Waals surface area contributed by atoms with E-state index in [0.29, 0.717) is 27.7 Å². The van der Waals surface area contributed by atoms with E-state index in [1.807, 2.05) is 6.92 Å². The van der Waals surface area contributed by atoms with E-state index in [-0.39, 0.29) is 5.97 Å². The number of fused-ring (bicyclic) bond motifs is 1. The quantitative estimate of drug-likeness (QED) is 0.780. The monoisotopic (exact) mass is 271 g/mol. The number of esters is 1. The molecule has 2 aromatic rings. The molecule has 0 N–H and O–H groups in total. The van der Waals surface area contributed by atoms with Crippen LogP contribution in [0.2, 0.25) is 10.0 Å². The van der Waals surface area contributed by atoms with Crippen LogP contribution in [0.25, 0.3) is 5.52 Å². The summed E-state index contributed by atoms with van der Waals surface area (Å²) in [5, 5.41) is 0.960. The van der Waals surface area contributed by atoms with Gasteiger partial charge in [-0.1, -0.05) is 23.2 Å². The van der Waals surface area contributed by atoms with Crippen LogP contribution in [0.5, 0.6) is 0 Å². The minimum absolute atomic E-state index is 0.334. The Kier molecular flexibility index (Phi) is 3.31. The lowest BCUT2D eigenvalue weighted by Crippen LogP contribution is -2.05. The summed E-state index contributed by atoms with van der Waals surface area (Å²) in [4.78, 5) is 11.9. The average molecular weight is 272 g/mol. The van der Waals surface area contributed by atoms with Crippen molar-refractivity contribution in [3.63, 3.8) is 0 Å². The Hall–Kier alpha value is -1.19. The second-order valence-electron chi connectivity index (χ2n) is 3.67. The molecule has 3 nitrogen and oxygen atoms in total. The van der Waals surface area contributed by atoms with Crippen LogP contribution in [-0.2, 0) is 4.74 Å². The fourth-order valence-electron chi connectivity index (χ4n) is 1.82. The van der Waals surface area contributed by atoms with Gasteiger partial charge in [-0.25, -0.2) is 4.79 Å². The summed E-state index contributed by atoms with van der Waals surface area (Å²) in [6.45, 7) is 3.94. The van der Waals surface area contributed by atoms with Crippen LogP contribution in [0.1, 0.15) is 22.8 Å². The average Bonchev–Trinajstić information content (AvgIpc) is 2.54. The molecule has 17 heavy (non-hydrogen) atoms. The van der Waals surface area contributed by atoms with E-state index in [0.717, 1.165) is 5.56 Å². The summed E-state index contributed by atoms with van der Waals surface area (Å²) in [7, 11) is 0. The standard InChI is InChI=1S/C12H11Cl2NO2/c1-3-17-12(16)10-7(2)5-15-6-8(13)4-9(14)11(10)15/h4-6H,3H2,1-2H3. The highest BCUT2D eigenvalue weighted by Gasteiger charge is 2.19. The molecule has 0 aliphatic heterocycles. The molecule has 2 rings (SSSR count). The molecule has 0 saturated heterocycles. The molecular weight excluding hydrogens is 261 g/mol. The van der Waals surface area contributed by atoms with Gasteiger partial charge >= 0.3 is 5.97 Å². The summed E-state index contributed by atoms with van der Waals surface area (Å²) >= 11 is 12.0. The topological polar surface area (TPSA) is 30.7 Å². The van der Waals surface area contributed by atoms with Crippen LogP contribution in [0.3, 0.4) is 0 Å². The van der Waals surface area contributed by atoms with Crippen molar-refractivity contribution in [2.45, 2.75) is 13.8 Å². The minimum Gasteiger partial charge on any atom is -0.462 e. The van der Waals surface area contributed by atoms with E-state index in [2.05, 4.69) is 0 Å². The lowest BCUT2D eigenvalue weighted by molar-refractivity contribution is 0.0528. The van der Waals surface area contributed by atoms with Gasteiger partial charge in [0.2, 0.25) is 0 Å². The Morgan fingerprint density at radius 3 is 2.76 bits per heavy atom. The number of aryl methyl sites for hydroxylation is 1. The molecule has 0 fully saturated rings.